The number of carbonyl (C=O) groups excluding carboxylic acids is 2. The van der Waals surface area contributed by atoms with E-state index < -0.39 is 5.97 Å². The van der Waals surface area contributed by atoms with Gasteiger partial charge in [-0.25, -0.2) is 4.79 Å². The fourth-order valence-corrected chi connectivity index (χ4v) is 1.85. The van der Waals surface area contributed by atoms with Crippen LogP contribution in [0.5, 0.6) is 0 Å². The van der Waals surface area contributed by atoms with Crippen molar-refractivity contribution in [1.82, 2.24) is 0 Å². The monoisotopic (exact) mass is 345 g/mol. The Hall–Kier alpha value is -2.27. The van der Waals surface area contributed by atoms with Gasteiger partial charge in [-0.05, 0) is 43.3 Å². The average Bonchev–Trinajstić information content (AvgIpc) is 2.53. The van der Waals surface area contributed by atoms with Crippen LogP contribution >= 0.6 is 15.9 Å². The molecule has 106 valence electrons. The van der Waals surface area contributed by atoms with Crippen LogP contribution < -0.4 is 0 Å². The standard InChI is InChI=1S/C16H12BrNO3/c1-11(15(19)12-7-9-14(17)10-8-12)18-21-16(20)13-5-3-2-4-6-13/h2-10H,1H3. The number of ketones is 1. The van der Waals surface area contributed by atoms with Gasteiger partial charge < -0.3 is 4.84 Å². The Kier molecular flexibility index (Phi) is 5.00. The summed E-state index contributed by atoms with van der Waals surface area (Å²) >= 11 is 3.30. The van der Waals surface area contributed by atoms with Gasteiger partial charge in [-0.3, -0.25) is 4.79 Å². The highest BCUT2D eigenvalue weighted by Crippen LogP contribution is 2.11. The highest BCUT2D eigenvalue weighted by molar-refractivity contribution is 9.10. The Morgan fingerprint density at radius 3 is 2.19 bits per heavy atom. The van der Waals surface area contributed by atoms with Crippen molar-refractivity contribution < 1.29 is 14.4 Å². The number of rotatable bonds is 4. The van der Waals surface area contributed by atoms with Gasteiger partial charge in [-0.2, -0.15) is 0 Å². The first kappa shape index (κ1) is 15.1. The second-order valence-corrected chi connectivity index (χ2v) is 5.17. The molecule has 0 saturated heterocycles. The highest BCUT2D eigenvalue weighted by Gasteiger charge is 2.12. The normalized spacial score (nSPS) is 11.0. The van der Waals surface area contributed by atoms with Crippen LogP contribution in [0.3, 0.4) is 0 Å². The third-order valence-corrected chi connectivity index (χ3v) is 3.24. The van der Waals surface area contributed by atoms with Crippen molar-refractivity contribution in [3.05, 3.63) is 70.2 Å². The minimum Gasteiger partial charge on any atom is -0.312 e. The summed E-state index contributed by atoms with van der Waals surface area (Å²) in [5, 5.41) is 3.61. The van der Waals surface area contributed by atoms with E-state index in [-0.39, 0.29) is 11.5 Å². The summed E-state index contributed by atoms with van der Waals surface area (Å²) in [5.41, 5.74) is 0.974. The molecule has 0 aliphatic heterocycles. The molecule has 0 aromatic heterocycles. The molecule has 5 heteroatoms. The second-order valence-electron chi connectivity index (χ2n) is 4.26. The number of hydrogen-bond acceptors (Lipinski definition) is 4. The van der Waals surface area contributed by atoms with Gasteiger partial charge in [0.2, 0.25) is 5.78 Å². The summed E-state index contributed by atoms with van der Waals surface area (Å²) in [6.07, 6.45) is 0. The van der Waals surface area contributed by atoms with Gasteiger partial charge in [0.25, 0.3) is 0 Å². The van der Waals surface area contributed by atoms with E-state index in [0.717, 1.165) is 4.47 Å². The number of benzene rings is 2. The molecule has 0 radical (unpaired) electrons. The molecule has 2 aromatic carbocycles. The van der Waals surface area contributed by atoms with Crippen molar-refractivity contribution in [3.63, 3.8) is 0 Å². The molecule has 0 atom stereocenters. The highest BCUT2D eigenvalue weighted by atomic mass is 79.9. The first-order valence-corrected chi connectivity index (χ1v) is 6.98. The molecule has 0 fully saturated rings. The minimum atomic E-state index is -0.599. The maximum Gasteiger partial charge on any atom is 0.365 e. The number of nitrogens with zero attached hydrogens (tertiary/aromatic N) is 1. The molecule has 0 unspecified atom stereocenters. The smallest absolute Gasteiger partial charge is 0.312 e. The van der Waals surface area contributed by atoms with Crippen LogP contribution in [0.25, 0.3) is 0 Å². The Labute approximate surface area is 130 Å². The first-order valence-electron chi connectivity index (χ1n) is 6.19. The molecular formula is C16H12BrNO3. The van der Waals surface area contributed by atoms with Gasteiger partial charge in [0.05, 0.1) is 5.56 Å². The van der Waals surface area contributed by atoms with E-state index in [1.165, 1.54) is 6.92 Å². The lowest BCUT2D eigenvalue weighted by atomic mass is 10.1. The molecule has 0 heterocycles. The molecule has 0 spiro atoms. The number of halogens is 1. The van der Waals surface area contributed by atoms with Crippen molar-refractivity contribution in [2.45, 2.75) is 6.92 Å². The van der Waals surface area contributed by atoms with Gasteiger partial charge in [0, 0.05) is 10.0 Å². The van der Waals surface area contributed by atoms with E-state index in [0.29, 0.717) is 11.1 Å². The predicted octanol–water partition coefficient (Wildman–Crippen LogP) is 3.86. The predicted molar refractivity (Wildman–Crippen MR) is 83.4 cm³/mol. The van der Waals surface area contributed by atoms with Gasteiger partial charge in [-0.1, -0.05) is 39.3 Å². The maximum absolute atomic E-state index is 12.1. The second kappa shape index (κ2) is 6.95. The summed E-state index contributed by atoms with van der Waals surface area (Å²) in [6.45, 7) is 1.50. The van der Waals surface area contributed by atoms with Crippen molar-refractivity contribution in [2.24, 2.45) is 5.16 Å². The molecule has 2 aromatic rings. The van der Waals surface area contributed by atoms with Gasteiger partial charge >= 0.3 is 5.97 Å². The van der Waals surface area contributed by atoms with Crippen LogP contribution in [0.4, 0.5) is 0 Å². The summed E-state index contributed by atoms with van der Waals surface area (Å²) in [5.74, 6) is -0.887. The molecule has 0 aliphatic rings. The summed E-state index contributed by atoms with van der Waals surface area (Å²) < 4.78 is 0.879. The van der Waals surface area contributed by atoms with Crippen molar-refractivity contribution in [3.8, 4) is 0 Å². The minimum absolute atomic E-state index is 0.113. The van der Waals surface area contributed by atoms with Crippen molar-refractivity contribution in [2.75, 3.05) is 0 Å². The van der Waals surface area contributed by atoms with Gasteiger partial charge in [0.15, 0.2) is 0 Å². The van der Waals surface area contributed by atoms with Crippen LogP contribution in [0.2, 0.25) is 0 Å². The fourth-order valence-electron chi connectivity index (χ4n) is 1.59. The van der Waals surface area contributed by atoms with Crippen LogP contribution in [0.1, 0.15) is 27.6 Å². The van der Waals surface area contributed by atoms with Crippen LogP contribution in [-0.2, 0) is 4.84 Å². The Bertz CT molecular complexity index is 678. The molecular weight excluding hydrogens is 334 g/mol. The molecule has 0 bridgehead atoms. The zero-order valence-corrected chi connectivity index (χ0v) is 12.8. The quantitative estimate of drug-likeness (QED) is 0.366. The Morgan fingerprint density at radius 2 is 1.57 bits per heavy atom. The van der Waals surface area contributed by atoms with Crippen LogP contribution in [-0.4, -0.2) is 17.5 Å². The van der Waals surface area contributed by atoms with Gasteiger partial charge in [0.1, 0.15) is 5.71 Å². The van der Waals surface area contributed by atoms with E-state index in [1.807, 2.05) is 0 Å². The third-order valence-electron chi connectivity index (χ3n) is 2.71. The fraction of sp³-hybridized carbons (Fsp3) is 0.0625. The Balaban J connectivity index is 2.05. The lowest BCUT2D eigenvalue weighted by Gasteiger charge is -2.01. The SMILES string of the molecule is CC(=NOC(=O)c1ccccc1)C(=O)c1ccc(Br)cc1. The third kappa shape index (κ3) is 4.10. The average molecular weight is 346 g/mol. The zero-order valence-electron chi connectivity index (χ0n) is 11.2. The number of carbonyl (C=O) groups is 2. The molecule has 0 saturated carbocycles. The van der Waals surface area contributed by atoms with Crippen molar-refractivity contribution >= 4 is 33.4 Å². The molecule has 0 aliphatic carbocycles. The molecule has 21 heavy (non-hydrogen) atoms. The van der Waals surface area contributed by atoms with Crippen LogP contribution in [0, 0.1) is 0 Å². The van der Waals surface area contributed by atoms with E-state index in [9.17, 15) is 9.59 Å². The lowest BCUT2D eigenvalue weighted by molar-refractivity contribution is 0.0515. The molecule has 2 rings (SSSR count). The van der Waals surface area contributed by atoms with Crippen LogP contribution in [0.15, 0.2) is 64.2 Å². The topological polar surface area (TPSA) is 55.7 Å². The molecule has 0 N–H and O–H groups in total. The summed E-state index contributed by atoms with van der Waals surface area (Å²) in [4.78, 5) is 28.5. The largest absolute Gasteiger partial charge is 0.365 e. The van der Waals surface area contributed by atoms with E-state index in [2.05, 4.69) is 21.1 Å². The van der Waals surface area contributed by atoms with E-state index >= 15 is 0 Å². The summed E-state index contributed by atoms with van der Waals surface area (Å²) in [6, 6.07) is 15.3. The zero-order chi connectivity index (χ0) is 15.2. The first-order chi connectivity index (χ1) is 10.1. The van der Waals surface area contributed by atoms with Crippen molar-refractivity contribution in [1.29, 1.82) is 0 Å². The maximum atomic E-state index is 12.1. The van der Waals surface area contributed by atoms with E-state index in [4.69, 9.17) is 4.84 Å². The lowest BCUT2D eigenvalue weighted by Crippen LogP contribution is -2.12. The molecule has 0 amide bonds. The van der Waals surface area contributed by atoms with E-state index in [1.54, 1.807) is 54.6 Å². The Morgan fingerprint density at radius 1 is 0.952 bits per heavy atom. The summed E-state index contributed by atoms with van der Waals surface area (Å²) in [7, 11) is 0. The van der Waals surface area contributed by atoms with Gasteiger partial charge in [-0.15, -0.1) is 0 Å². The number of hydrogen-bond donors (Lipinski definition) is 0. The number of Topliss-reactive ketones (excluding diaryl/α,β-unsaturated/α-hetero) is 1. The molecule has 4 nitrogen and oxygen atoms in total. The number of oxime groups is 1.